The van der Waals surface area contributed by atoms with Crippen LogP contribution in [0.1, 0.15) is 19.4 Å². The fourth-order valence-electron chi connectivity index (χ4n) is 2.71. The maximum Gasteiger partial charge on any atom is 0.227 e. The first kappa shape index (κ1) is 18.1. The van der Waals surface area contributed by atoms with Gasteiger partial charge in [0.05, 0.1) is 19.3 Å². The van der Waals surface area contributed by atoms with Crippen molar-refractivity contribution in [1.82, 2.24) is 19.7 Å². The number of aryl methyl sites for hydroxylation is 1. The molecule has 7 nitrogen and oxygen atoms in total. The van der Waals surface area contributed by atoms with Gasteiger partial charge in [-0.1, -0.05) is 12.1 Å². The van der Waals surface area contributed by atoms with Crippen molar-refractivity contribution in [2.75, 3.05) is 37.0 Å². The maximum absolute atomic E-state index is 5.48. The lowest BCUT2D eigenvalue weighted by Gasteiger charge is -2.17. The Hall–Kier alpha value is -2.67. The van der Waals surface area contributed by atoms with Gasteiger partial charge in [-0.05, 0) is 38.5 Å². The smallest absolute Gasteiger partial charge is 0.227 e. The second-order valence-electron chi connectivity index (χ2n) is 6.18. The SMILES string of the molecule is CCOCCn1ncc2nc(N(C)CC)nc(Nc3cccc(C)c3)c21. The van der Waals surface area contributed by atoms with Crippen LogP contribution in [0.5, 0.6) is 0 Å². The predicted octanol–water partition coefficient (Wildman–Crippen LogP) is 3.37. The van der Waals surface area contributed by atoms with Gasteiger partial charge in [-0.2, -0.15) is 10.1 Å². The second kappa shape index (κ2) is 8.14. The first-order chi connectivity index (χ1) is 12.6. The molecular formula is C19H26N6O. The van der Waals surface area contributed by atoms with Crippen LogP contribution < -0.4 is 10.2 Å². The number of benzene rings is 1. The third kappa shape index (κ3) is 3.94. The van der Waals surface area contributed by atoms with E-state index >= 15 is 0 Å². The van der Waals surface area contributed by atoms with Crippen LogP contribution in [-0.2, 0) is 11.3 Å². The molecule has 0 unspecified atom stereocenters. The van der Waals surface area contributed by atoms with E-state index in [1.165, 1.54) is 5.56 Å². The minimum absolute atomic E-state index is 0.605. The van der Waals surface area contributed by atoms with Gasteiger partial charge in [0.15, 0.2) is 5.82 Å². The maximum atomic E-state index is 5.48. The van der Waals surface area contributed by atoms with E-state index in [1.54, 1.807) is 6.20 Å². The van der Waals surface area contributed by atoms with E-state index in [1.807, 2.05) is 35.7 Å². The summed E-state index contributed by atoms with van der Waals surface area (Å²) in [5.74, 6) is 1.43. The Balaban J connectivity index is 2.04. The highest BCUT2D eigenvalue weighted by Gasteiger charge is 2.15. The summed E-state index contributed by atoms with van der Waals surface area (Å²) in [7, 11) is 1.98. The first-order valence-electron chi connectivity index (χ1n) is 8.98. The Morgan fingerprint density at radius 2 is 2.08 bits per heavy atom. The number of aromatic nitrogens is 4. The topological polar surface area (TPSA) is 68.1 Å². The minimum atomic E-state index is 0.605. The van der Waals surface area contributed by atoms with Crippen LogP contribution in [0, 0.1) is 6.92 Å². The van der Waals surface area contributed by atoms with Crippen molar-refractivity contribution in [3.05, 3.63) is 36.0 Å². The fourth-order valence-corrected chi connectivity index (χ4v) is 2.71. The molecule has 2 aromatic heterocycles. The highest BCUT2D eigenvalue weighted by Crippen LogP contribution is 2.26. The average molecular weight is 354 g/mol. The zero-order valence-electron chi connectivity index (χ0n) is 15.9. The van der Waals surface area contributed by atoms with Gasteiger partial charge < -0.3 is 15.0 Å². The summed E-state index contributed by atoms with van der Waals surface area (Å²) < 4.78 is 7.38. The molecule has 3 aromatic rings. The number of hydrogen-bond donors (Lipinski definition) is 1. The summed E-state index contributed by atoms with van der Waals surface area (Å²) in [6.07, 6.45) is 1.79. The van der Waals surface area contributed by atoms with Gasteiger partial charge in [0.2, 0.25) is 5.95 Å². The van der Waals surface area contributed by atoms with Crippen LogP contribution >= 0.6 is 0 Å². The lowest BCUT2D eigenvalue weighted by atomic mass is 10.2. The molecule has 0 aliphatic heterocycles. The van der Waals surface area contributed by atoms with Crippen molar-refractivity contribution in [2.24, 2.45) is 0 Å². The Bertz CT molecular complexity index is 876. The summed E-state index contributed by atoms with van der Waals surface area (Å²) in [5, 5.41) is 7.93. The molecule has 0 aliphatic carbocycles. The largest absolute Gasteiger partial charge is 0.380 e. The quantitative estimate of drug-likeness (QED) is 0.626. The third-order valence-electron chi connectivity index (χ3n) is 4.22. The van der Waals surface area contributed by atoms with Gasteiger partial charge >= 0.3 is 0 Å². The van der Waals surface area contributed by atoms with Gasteiger partial charge in [0.1, 0.15) is 11.0 Å². The number of anilines is 3. The molecule has 7 heteroatoms. The van der Waals surface area contributed by atoms with Gasteiger partial charge in [-0.3, -0.25) is 4.68 Å². The van der Waals surface area contributed by atoms with Crippen LogP contribution in [0.3, 0.4) is 0 Å². The van der Waals surface area contributed by atoms with Gasteiger partial charge in [-0.15, -0.1) is 0 Å². The van der Waals surface area contributed by atoms with Crippen LogP contribution in [0.15, 0.2) is 30.5 Å². The molecule has 0 amide bonds. The van der Waals surface area contributed by atoms with Crippen LogP contribution in [-0.4, -0.2) is 46.6 Å². The number of rotatable bonds is 8. The van der Waals surface area contributed by atoms with Crippen molar-refractivity contribution in [2.45, 2.75) is 27.3 Å². The Morgan fingerprint density at radius 1 is 1.23 bits per heavy atom. The molecule has 0 fully saturated rings. The normalized spacial score (nSPS) is 11.1. The van der Waals surface area contributed by atoms with Crippen molar-refractivity contribution >= 4 is 28.5 Å². The Labute approximate surface area is 154 Å². The fraction of sp³-hybridized carbons (Fsp3) is 0.421. The zero-order chi connectivity index (χ0) is 18.5. The van der Waals surface area contributed by atoms with E-state index in [2.05, 4.69) is 41.4 Å². The molecular weight excluding hydrogens is 328 g/mol. The molecule has 26 heavy (non-hydrogen) atoms. The lowest BCUT2D eigenvalue weighted by Crippen LogP contribution is -2.19. The van der Waals surface area contributed by atoms with Gasteiger partial charge in [-0.25, -0.2) is 4.98 Å². The zero-order valence-corrected chi connectivity index (χ0v) is 15.9. The summed E-state index contributed by atoms with van der Waals surface area (Å²) in [5.41, 5.74) is 3.89. The standard InChI is InChI=1S/C19H26N6O/c1-5-24(4)19-22-16-13-20-25(10-11-26-6-2)17(16)18(23-19)21-15-9-7-8-14(3)12-15/h7-9,12-13H,5-6,10-11H2,1-4H3,(H,21,22,23). The molecule has 0 saturated carbocycles. The molecule has 0 aliphatic rings. The van der Waals surface area contributed by atoms with Crippen LogP contribution in [0.2, 0.25) is 0 Å². The molecule has 2 heterocycles. The molecule has 0 spiro atoms. The minimum Gasteiger partial charge on any atom is -0.380 e. The third-order valence-corrected chi connectivity index (χ3v) is 4.22. The number of ether oxygens (including phenoxy) is 1. The first-order valence-corrected chi connectivity index (χ1v) is 8.98. The molecule has 0 saturated heterocycles. The number of nitrogens with one attached hydrogen (secondary N) is 1. The molecule has 0 radical (unpaired) electrons. The van der Waals surface area contributed by atoms with E-state index < -0.39 is 0 Å². The average Bonchev–Trinajstić information content (AvgIpc) is 3.04. The highest BCUT2D eigenvalue weighted by molar-refractivity contribution is 5.88. The number of nitrogens with zero attached hydrogens (tertiary/aromatic N) is 5. The van der Waals surface area contributed by atoms with E-state index in [-0.39, 0.29) is 0 Å². The van der Waals surface area contributed by atoms with E-state index in [0.29, 0.717) is 25.7 Å². The summed E-state index contributed by atoms with van der Waals surface area (Å²) in [6.45, 7) is 8.92. The second-order valence-corrected chi connectivity index (χ2v) is 6.18. The van der Waals surface area contributed by atoms with Crippen molar-refractivity contribution in [1.29, 1.82) is 0 Å². The van der Waals surface area contributed by atoms with Crippen molar-refractivity contribution in [3.8, 4) is 0 Å². The highest BCUT2D eigenvalue weighted by atomic mass is 16.5. The van der Waals surface area contributed by atoms with Gasteiger partial charge in [0.25, 0.3) is 0 Å². The molecule has 1 N–H and O–H groups in total. The van der Waals surface area contributed by atoms with E-state index in [4.69, 9.17) is 9.72 Å². The van der Waals surface area contributed by atoms with E-state index in [9.17, 15) is 0 Å². The number of hydrogen-bond acceptors (Lipinski definition) is 6. The monoisotopic (exact) mass is 354 g/mol. The molecule has 3 rings (SSSR count). The summed E-state index contributed by atoms with van der Waals surface area (Å²) in [6, 6.07) is 8.23. The predicted molar refractivity (Wildman–Crippen MR) is 105 cm³/mol. The van der Waals surface area contributed by atoms with Crippen molar-refractivity contribution in [3.63, 3.8) is 0 Å². The molecule has 0 atom stereocenters. The molecule has 138 valence electrons. The molecule has 1 aromatic carbocycles. The Morgan fingerprint density at radius 3 is 2.81 bits per heavy atom. The summed E-state index contributed by atoms with van der Waals surface area (Å²) >= 11 is 0. The number of fused-ring (bicyclic) bond motifs is 1. The van der Waals surface area contributed by atoms with Crippen LogP contribution in [0.4, 0.5) is 17.5 Å². The Kier molecular flexibility index (Phi) is 5.68. The molecule has 0 bridgehead atoms. The van der Waals surface area contributed by atoms with Gasteiger partial charge in [0, 0.05) is 25.9 Å². The summed E-state index contributed by atoms with van der Waals surface area (Å²) in [4.78, 5) is 11.4. The van der Waals surface area contributed by atoms with Crippen LogP contribution in [0.25, 0.3) is 11.0 Å². The van der Waals surface area contributed by atoms with Crippen molar-refractivity contribution < 1.29 is 4.74 Å². The van der Waals surface area contributed by atoms with E-state index in [0.717, 1.165) is 29.1 Å². The lowest BCUT2D eigenvalue weighted by molar-refractivity contribution is 0.137.